The third-order valence-corrected chi connectivity index (χ3v) is 6.09. The van der Waals surface area contributed by atoms with Crippen LogP contribution in [0.5, 0.6) is 0 Å². The lowest BCUT2D eigenvalue weighted by Crippen LogP contribution is -2.58. The molecular formula is C16H26N2O3. The number of nitrogens with two attached hydrogens (primary N) is 1. The van der Waals surface area contributed by atoms with Gasteiger partial charge in [-0.1, -0.05) is 19.3 Å². The number of hydrogen-bond donors (Lipinski definition) is 2. The molecule has 3 fully saturated rings. The molecule has 0 aromatic heterocycles. The average Bonchev–Trinajstić information content (AvgIpc) is 2.78. The van der Waals surface area contributed by atoms with Crippen LogP contribution in [-0.4, -0.2) is 48.0 Å². The van der Waals surface area contributed by atoms with Crippen LogP contribution in [0.15, 0.2) is 4.99 Å². The number of aliphatic imine (C=N–C) groups is 1. The van der Waals surface area contributed by atoms with Crippen LogP contribution in [0.1, 0.15) is 44.9 Å². The van der Waals surface area contributed by atoms with Gasteiger partial charge in [-0.25, -0.2) is 0 Å². The summed E-state index contributed by atoms with van der Waals surface area (Å²) in [4.78, 5) is 4.64. The predicted octanol–water partition coefficient (Wildman–Crippen LogP) is 1.23. The van der Waals surface area contributed by atoms with Gasteiger partial charge in [0.1, 0.15) is 11.4 Å². The van der Waals surface area contributed by atoms with Gasteiger partial charge in [-0.05, 0) is 31.6 Å². The Labute approximate surface area is 125 Å². The Balaban J connectivity index is 1.59. The minimum atomic E-state index is -0.906. The molecule has 1 saturated heterocycles. The highest BCUT2D eigenvalue weighted by Crippen LogP contribution is 2.48. The summed E-state index contributed by atoms with van der Waals surface area (Å²) in [7, 11) is 0. The van der Waals surface area contributed by atoms with E-state index >= 15 is 0 Å². The van der Waals surface area contributed by atoms with Gasteiger partial charge in [0, 0.05) is 5.92 Å². The van der Waals surface area contributed by atoms with E-state index in [1.165, 1.54) is 19.3 Å². The van der Waals surface area contributed by atoms with Gasteiger partial charge < -0.3 is 20.3 Å². The van der Waals surface area contributed by atoms with Crippen molar-refractivity contribution in [3.05, 3.63) is 0 Å². The number of rotatable bonds is 1. The third kappa shape index (κ3) is 2.13. The summed E-state index contributed by atoms with van der Waals surface area (Å²) < 4.78 is 11.7. The molecule has 0 spiro atoms. The van der Waals surface area contributed by atoms with Crippen molar-refractivity contribution in [3.8, 4) is 0 Å². The fraction of sp³-hybridized carbons (Fsp3) is 0.938. The number of nitrogens with zero attached hydrogens (tertiary/aromatic N) is 1. The highest BCUT2D eigenvalue weighted by molar-refractivity contribution is 5.91. The monoisotopic (exact) mass is 294 g/mol. The molecule has 2 aliphatic heterocycles. The Morgan fingerprint density at radius 2 is 1.71 bits per heavy atom. The molecule has 5 heteroatoms. The van der Waals surface area contributed by atoms with Crippen molar-refractivity contribution in [1.82, 2.24) is 0 Å². The van der Waals surface area contributed by atoms with E-state index in [1.54, 1.807) is 0 Å². The molecule has 4 aliphatic rings. The maximum Gasteiger partial charge on any atom is 0.129 e. The lowest BCUT2D eigenvalue weighted by molar-refractivity contribution is -0.176. The first kappa shape index (κ1) is 14.0. The maximum atomic E-state index is 11.4. The van der Waals surface area contributed by atoms with Crippen molar-refractivity contribution in [3.63, 3.8) is 0 Å². The molecule has 0 bridgehead atoms. The van der Waals surface area contributed by atoms with Crippen LogP contribution in [0.25, 0.3) is 0 Å². The Bertz CT molecular complexity index is 435. The predicted molar refractivity (Wildman–Crippen MR) is 79.1 cm³/mol. The number of aliphatic hydroxyl groups is 1. The molecule has 4 rings (SSSR count). The summed E-state index contributed by atoms with van der Waals surface area (Å²) in [5.74, 6) is 0.859. The molecule has 0 radical (unpaired) electrons. The maximum absolute atomic E-state index is 11.4. The van der Waals surface area contributed by atoms with Gasteiger partial charge in [-0.15, -0.1) is 0 Å². The molecule has 0 aromatic rings. The minimum absolute atomic E-state index is 0.108. The second-order valence-corrected chi connectivity index (χ2v) is 7.14. The molecule has 21 heavy (non-hydrogen) atoms. The molecule has 2 aliphatic carbocycles. The summed E-state index contributed by atoms with van der Waals surface area (Å²) in [6.07, 6.45) is 7.72. The first-order valence-electron chi connectivity index (χ1n) is 8.49. The van der Waals surface area contributed by atoms with Crippen molar-refractivity contribution in [2.24, 2.45) is 22.6 Å². The summed E-state index contributed by atoms with van der Waals surface area (Å²) >= 11 is 0. The summed E-state index contributed by atoms with van der Waals surface area (Å²) in [6.45, 7) is 1.33. The molecule has 0 aromatic carbocycles. The molecule has 118 valence electrons. The number of fused-ring (bicyclic) bond motifs is 2. The van der Waals surface area contributed by atoms with Crippen LogP contribution in [0, 0.1) is 11.8 Å². The van der Waals surface area contributed by atoms with Crippen molar-refractivity contribution < 1.29 is 14.6 Å². The van der Waals surface area contributed by atoms with Crippen LogP contribution in [-0.2, 0) is 9.47 Å². The molecule has 5 atom stereocenters. The van der Waals surface area contributed by atoms with Crippen LogP contribution >= 0.6 is 0 Å². The van der Waals surface area contributed by atoms with Gasteiger partial charge in [0.25, 0.3) is 0 Å². The van der Waals surface area contributed by atoms with Crippen LogP contribution < -0.4 is 5.73 Å². The van der Waals surface area contributed by atoms with Gasteiger partial charge >= 0.3 is 0 Å². The van der Waals surface area contributed by atoms with Crippen LogP contribution in [0.3, 0.4) is 0 Å². The SMILES string of the molecule is NC1=NC2CC3OCCOC3CC2C1(O)C1CCCCC1. The minimum Gasteiger partial charge on any atom is -0.385 e. The summed E-state index contributed by atoms with van der Waals surface area (Å²) in [5, 5.41) is 11.4. The molecule has 5 unspecified atom stereocenters. The van der Waals surface area contributed by atoms with Crippen molar-refractivity contribution in [2.45, 2.75) is 68.8 Å². The molecule has 3 N–H and O–H groups in total. The Morgan fingerprint density at radius 1 is 1.05 bits per heavy atom. The van der Waals surface area contributed by atoms with E-state index in [-0.39, 0.29) is 30.1 Å². The van der Waals surface area contributed by atoms with Crippen molar-refractivity contribution >= 4 is 5.84 Å². The molecule has 5 nitrogen and oxygen atoms in total. The fourth-order valence-electron chi connectivity index (χ4n) is 5.01. The zero-order chi connectivity index (χ0) is 14.4. The Hall–Kier alpha value is -0.650. The highest BCUT2D eigenvalue weighted by atomic mass is 16.6. The van der Waals surface area contributed by atoms with Crippen molar-refractivity contribution in [1.29, 1.82) is 0 Å². The number of amidine groups is 1. The fourth-order valence-corrected chi connectivity index (χ4v) is 5.01. The van der Waals surface area contributed by atoms with E-state index in [1.807, 2.05) is 0 Å². The molecule has 2 saturated carbocycles. The lowest BCUT2D eigenvalue weighted by atomic mass is 9.65. The normalized spacial score (nSPS) is 47.6. The van der Waals surface area contributed by atoms with Gasteiger partial charge in [-0.3, -0.25) is 4.99 Å². The molecular weight excluding hydrogens is 268 g/mol. The third-order valence-electron chi connectivity index (χ3n) is 6.09. The summed E-state index contributed by atoms with van der Waals surface area (Å²) in [5.41, 5.74) is 5.31. The molecule has 0 amide bonds. The standard InChI is InChI=1S/C16H26N2O3/c17-15-16(19,10-4-2-1-3-5-10)11-8-13-14(9-12(11)18-15)21-7-6-20-13/h10-14,19H,1-9H2,(H2,17,18). The van der Waals surface area contributed by atoms with Gasteiger partial charge in [0.05, 0.1) is 31.5 Å². The largest absolute Gasteiger partial charge is 0.385 e. The summed E-state index contributed by atoms with van der Waals surface area (Å²) in [6, 6.07) is 0.111. The number of hydrogen-bond acceptors (Lipinski definition) is 5. The van der Waals surface area contributed by atoms with E-state index in [9.17, 15) is 5.11 Å². The average molecular weight is 294 g/mol. The Morgan fingerprint density at radius 3 is 2.43 bits per heavy atom. The second-order valence-electron chi connectivity index (χ2n) is 7.14. The number of ether oxygens (including phenoxy) is 2. The van der Waals surface area contributed by atoms with E-state index in [0.717, 1.165) is 25.7 Å². The van der Waals surface area contributed by atoms with E-state index in [2.05, 4.69) is 4.99 Å². The van der Waals surface area contributed by atoms with Crippen LogP contribution in [0.4, 0.5) is 0 Å². The Kier molecular flexibility index (Phi) is 3.47. The van der Waals surface area contributed by atoms with Crippen LogP contribution in [0.2, 0.25) is 0 Å². The smallest absolute Gasteiger partial charge is 0.129 e. The lowest BCUT2D eigenvalue weighted by Gasteiger charge is -2.46. The van der Waals surface area contributed by atoms with E-state index in [0.29, 0.717) is 19.0 Å². The molecule has 2 heterocycles. The quantitative estimate of drug-likeness (QED) is 0.762. The van der Waals surface area contributed by atoms with Crippen molar-refractivity contribution in [2.75, 3.05) is 13.2 Å². The highest BCUT2D eigenvalue weighted by Gasteiger charge is 2.58. The van der Waals surface area contributed by atoms with E-state index in [4.69, 9.17) is 15.2 Å². The topological polar surface area (TPSA) is 77.1 Å². The first-order valence-corrected chi connectivity index (χ1v) is 8.49. The zero-order valence-corrected chi connectivity index (χ0v) is 12.5. The van der Waals surface area contributed by atoms with Gasteiger partial charge in [0.15, 0.2) is 0 Å². The van der Waals surface area contributed by atoms with E-state index < -0.39 is 5.60 Å². The van der Waals surface area contributed by atoms with Gasteiger partial charge in [0.2, 0.25) is 0 Å². The van der Waals surface area contributed by atoms with Gasteiger partial charge in [-0.2, -0.15) is 0 Å². The zero-order valence-electron chi connectivity index (χ0n) is 12.5. The first-order chi connectivity index (χ1) is 10.2. The second kappa shape index (κ2) is 5.21.